The Kier molecular flexibility index (Phi) is 40.9. The Balaban J connectivity index is -0.000000176. The molecule has 0 aliphatic heterocycles. The minimum atomic E-state index is -0.670. The molecule has 0 aromatic heterocycles. The lowest BCUT2D eigenvalue weighted by Gasteiger charge is -1.98. The highest BCUT2D eigenvalue weighted by molar-refractivity contribution is 5.66. The Hall–Kier alpha value is -1.22. The van der Waals surface area contributed by atoms with E-state index in [4.69, 9.17) is 30.6 Å². The van der Waals surface area contributed by atoms with Crippen LogP contribution in [0.4, 0.5) is 0 Å². The second-order valence-electron chi connectivity index (χ2n) is 7.89. The average Bonchev–Trinajstić information content (AvgIpc) is 2.74. The first-order chi connectivity index (χ1) is 15.1. The maximum absolute atomic E-state index is 10.1. The van der Waals surface area contributed by atoms with E-state index in [1.165, 1.54) is 65.2 Å². The number of carbonyl (C=O) groups is 2. The van der Waals surface area contributed by atoms with E-state index < -0.39 is 24.1 Å². The smallest absolute Gasteiger partial charge is 0.303 e. The molecule has 0 heterocycles. The van der Waals surface area contributed by atoms with E-state index in [1.54, 1.807) is 0 Å². The van der Waals surface area contributed by atoms with E-state index in [2.05, 4.69) is 13.8 Å². The Morgan fingerprint density at radius 2 is 0.781 bits per heavy atom. The molecule has 0 radical (unpaired) electrons. The van der Waals surface area contributed by atoms with Gasteiger partial charge in [0.2, 0.25) is 0 Å². The Bertz CT molecular complexity index is 352. The van der Waals surface area contributed by atoms with E-state index in [9.17, 15) is 9.59 Å². The molecule has 8 nitrogen and oxygen atoms in total. The molecule has 2 atom stereocenters. The van der Waals surface area contributed by atoms with Crippen molar-refractivity contribution in [3.05, 3.63) is 0 Å². The maximum Gasteiger partial charge on any atom is 0.303 e. The Morgan fingerprint density at radius 1 is 0.562 bits per heavy atom. The van der Waals surface area contributed by atoms with Crippen molar-refractivity contribution in [2.45, 2.75) is 130 Å². The number of hydrogen-bond acceptors (Lipinski definition) is 6. The van der Waals surface area contributed by atoms with Gasteiger partial charge in [0.1, 0.15) is 0 Å². The third kappa shape index (κ3) is 63.0. The minimum Gasteiger partial charge on any atom is -0.481 e. The fourth-order valence-corrected chi connectivity index (χ4v) is 2.11. The Morgan fingerprint density at radius 3 is 0.969 bits per heavy atom. The first-order valence-electron chi connectivity index (χ1n) is 12.1. The van der Waals surface area contributed by atoms with Gasteiger partial charge in [-0.1, -0.05) is 78.1 Å². The van der Waals surface area contributed by atoms with Gasteiger partial charge in [-0.3, -0.25) is 9.59 Å². The largest absolute Gasteiger partial charge is 0.481 e. The maximum atomic E-state index is 10.1. The lowest BCUT2D eigenvalue weighted by atomic mass is 10.1. The molecular weight excluding hydrogens is 416 g/mol. The predicted octanol–water partition coefficient (Wildman–Crippen LogP) is 4.36. The van der Waals surface area contributed by atoms with Crippen molar-refractivity contribution in [3.8, 4) is 0 Å². The topological polar surface area (TPSA) is 156 Å². The standard InChI is InChI=1S/C10H20O2.C8H16O2.2C3H8O2/c1-2-3-4-5-6-7-8-9-10(11)12;1-2-3-4-5-6-7-8(9)10;2*1-3(5)2-4/h2-9H2,1H3,(H,11,12);2-7H2,1H3,(H,9,10);2*3-5H,2H2,1H3. The van der Waals surface area contributed by atoms with Crippen LogP contribution >= 0.6 is 0 Å². The summed E-state index contributed by atoms with van der Waals surface area (Å²) < 4.78 is 0. The number of rotatable bonds is 16. The van der Waals surface area contributed by atoms with Gasteiger partial charge in [0, 0.05) is 12.8 Å². The summed E-state index contributed by atoms with van der Waals surface area (Å²) in [4.78, 5) is 20.2. The highest BCUT2D eigenvalue weighted by Gasteiger charge is 1.96. The number of aliphatic carboxylic acids is 2. The zero-order valence-corrected chi connectivity index (χ0v) is 21.0. The molecule has 0 aliphatic rings. The lowest BCUT2D eigenvalue weighted by Crippen LogP contribution is -2.03. The molecule has 0 aromatic rings. The molecular formula is C24H52O8. The van der Waals surface area contributed by atoms with Crippen molar-refractivity contribution < 1.29 is 40.2 Å². The highest BCUT2D eigenvalue weighted by Crippen LogP contribution is 2.08. The van der Waals surface area contributed by atoms with Crippen LogP contribution in [0.25, 0.3) is 0 Å². The summed E-state index contributed by atoms with van der Waals surface area (Å²) in [5.74, 6) is -1.33. The van der Waals surface area contributed by atoms with Gasteiger partial charge in [-0.05, 0) is 26.7 Å². The number of carboxylic acids is 2. The van der Waals surface area contributed by atoms with E-state index in [-0.39, 0.29) is 13.2 Å². The summed E-state index contributed by atoms with van der Waals surface area (Å²) in [5, 5.41) is 48.6. The lowest BCUT2D eigenvalue weighted by molar-refractivity contribution is -0.138. The number of carboxylic acid groups (broad SMARTS) is 2. The summed E-state index contributed by atoms with van der Waals surface area (Å²) in [6, 6.07) is 0. The normalized spacial score (nSPS) is 11.5. The van der Waals surface area contributed by atoms with Crippen LogP contribution in [0.2, 0.25) is 0 Å². The molecule has 8 heteroatoms. The molecule has 196 valence electrons. The van der Waals surface area contributed by atoms with Crippen LogP contribution in [0, 0.1) is 0 Å². The van der Waals surface area contributed by atoms with E-state index in [0.29, 0.717) is 12.8 Å². The van der Waals surface area contributed by atoms with Gasteiger partial charge in [0.05, 0.1) is 25.4 Å². The van der Waals surface area contributed by atoms with Gasteiger partial charge in [-0.15, -0.1) is 0 Å². The van der Waals surface area contributed by atoms with Gasteiger partial charge in [0.15, 0.2) is 0 Å². The number of aliphatic hydroxyl groups excluding tert-OH is 4. The van der Waals surface area contributed by atoms with E-state index >= 15 is 0 Å². The van der Waals surface area contributed by atoms with E-state index in [1.807, 2.05) is 0 Å². The fraction of sp³-hybridized carbons (Fsp3) is 0.917. The van der Waals surface area contributed by atoms with Crippen LogP contribution in [0.15, 0.2) is 0 Å². The molecule has 0 spiro atoms. The van der Waals surface area contributed by atoms with Crippen molar-refractivity contribution >= 4 is 11.9 Å². The van der Waals surface area contributed by atoms with Gasteiger partial charge in [-0.25, -0.2) is 0 Å². The van der Waals surface area contributed by atoms with Crippen LogP contribution < -0.4 is 0 Å². The monoisotopic (exact) mass is 468 g/mol. The number of hydrogen-bond donors (Lipinski definition) is 6. The van der Waals surface area contributed by atoms with Crippen molar-refractivity contribution in [2.75, 3.05) is 13.2 Å². The molecule has 32 heavy (non-hydrogen) atoms. The van der Waals surface area contributed by atoms with Crippen LogP contribution in [0.5, 0.6) is 0 Å². The molecule has 0 rings (SSSR count). The number of unbranched alkanes of at least 4 members (excludes halogenated alkanes) is 10. The highest BCUT2D eigenvalue weighted by atomic mass is 16.4. The molecule has 0 aromatic carbocycles. The minimum absolute atomic E-state index is 0.139. The second kappa shape index (κ2) is 34.4. The molecule has 0 amide bonds. The van der Waals surface area contributed by atoms with Gasteiger partial charge < -0.3 is 30.6 Å². The van der Waals surface area contributed by atoms with Crippen LogP contribution in [0.3, 0.4) is 0 Å². The SMILES string of the molecule is CC(O)CO.CC(O)CO.CCCCCCCC(=O)O.CCCCCCCCCC(=O)O. The molecule has 0 saturated carbocycles. The average molecular weight is 469 g/mol. The summed E-state index contributed by atoms with van der Waals surface area (Å²) in [6.45, 7) is 7.13. The first kappa shape index (κ1) is 38.1. The first-order valence-corrected chi connectivity index (χ1v) is 12.1. The van der Waals surface area contributed by atoms with Crippen molar-refractivity contribution in [1.29, 1.82) is 0 Å². The summed E-state index contributed by atoms with van der Waals surface area (Å²) in [6.07, 6.45) is 13.4. The van der Waals surface area contributed by atoms with Crippen molar-refractivity contribution in [2.24, 2.45) is 0 Å². The molecule has 0 aliphatic carbocycles. The zero-order valence-electron chi connectivity index (χ0n) is 21.0. The molecule has 0 saturated heterocycles. The van der Waals surface area contributed by atoms with Gasteiger partial charge >= 0.3 is 11.9 Å². The third-order valence-electron chi connectivity index (χ3n) is 4.02. The molecule has 2 unspecified atom stereocenters. The predicted molar refractivity (Wildman–Crippen MR) is 129 cm³/mol. The third-order valence-corrected chi connectivity index (χ3v) is 4.02. The quantitative estimate of drug-likeness (QED) is 0.182. The van der Waals surface area contributed by atoms with Gasteiger partial charge in [-0.2, -0.15) is 0 Å². The van der Waals surface area contributed by atoms with Crippen LogP contribution in [-0.4, -0.2) is 68.0 Å². The molecule has 6 N–H and O–H groups in total. The summed E-state index contributed by atoms with van der Waals surface area (Å²) >= 11 is 0. The van der Waals surface area contributed by atoms with Crippen LogP contribution in [-0.2, 0) is 9.59 Å². The van der Waals surface area contributed by atoms with Crippen molar-refractivity contribution in [3.63, 3.8) is 0 Å². The second-order valence-corrected chi connectivity index (χ2v) is 7.89. The van der Waals surface area contributed by atoms with Gasteiger partial charge in [0.25, 0.3) is 0 Å². The van der Waals surface area contributed by atoms with E-state index in [0.717, 1.165) is 25.7 Å². The Labute approximate surface area is 195 Å². The zero-order chi connectivity index (χ0) is 25.6. The summed E-state index contributed by atoms with van der Waals surface area (Å²) in [7, 11) is 0. The fourth-order valence-electron chi connectivity index (χ4n) is 2.11. The number of aliphatic hydroxyl groups is 4. The van der Waals surface area contributed by atoms with Crippen molar-refractivity contribution in [1.82, 2.24) is 0 Å². The summed E-state index contributed by atoms with van der Waals surface area (Å²) in [5.41, 5.74) is 0. The van der Waals surface area contributed by atoms with Crippen LogP contribution in [0.1, 0.15) is 118 Å². The molecule has 0 fully saturated rings. The molecule has 0 bridgehead atoms.